The highest BCUT2D eigenvalue weighted by Gasteiger charge is 2.14. The molecular formula is C15H15ClN2O2S. The number of benzene rings is 1. The number of terminal acetylenes is 1. The first-order valence-corrected chi connectivity index (χ1v) is 7.68. The summed E-state index contributed by atoms with van der Waals surface area (Å²) in [6, 6.07) is 3.54. The third-order valence-electron chi connectivity index (χ3n) is 2.89. The van der Waals surface area contributed by atoms with Crippen LogP contribution in [0.5, 0.6) is 5.75 Å². The van der Waals surface area contributed by atoms with Gasteiger partial charge in [0.05, 0.1) is 23.4 Å². The van der Waals surface area contributed by atoms with Gasteiger partial charge in [-0.2, -0.15) is 4.99 Å². The van der Waals surface area contributed by atoms with Crippen molar-refractivity contribution in [2.45, 2.75) is 26.3 Å². The van der Waals surface area contributed by atoms with Crippen LogP contribution in [0.1, 0.15) is 19.8 Å². The maximum absolute atomic E-state index is 11.8. The zero-order chi connectivity index (χ0) is 15.4. The van der Waals surface area contributed by atoms with Crippen molar-refractivity contribution in [1.29, 1.82) is 0 Å². The van der Waals surface area contributed by atoms with Crippen LogP contribution in [-0.4, -0.2) is 17.6 Å². The number of hydrogen-bond acceptors (Lipinski definition) is 3. The fourth-order valence-corrected chi connectivity index (χ4v) is 3.32. The summed E-state index contributed by atoms with van der Waals surface area (Å²) in [5.41, 5.74) is 0.774. The summed E-state index contributed by atoms with van der Waals surface area (Å²) in [5, 5.41) is 0.589. The highest BCUT2D eigenvalue weighted by atomic mass is 35.5. The molecule has 0 N–H and O–H groups in total. The van der Waals surface area contributed by atoms with Crippen LogP contribution in [-0.2, 0) is 11.3 Å². The molecule has 0 bridgehead atoms. The third kappa shape index (κ3) is 3.12. The number of amides is 1. The molecule has 1 aromatic carbocycles. The van der Waals surface area contributed by atoms with E-state index in [1.165, 1.54) is 11.3 Å². The van der Waals surface area contributed by atoms with Crippen LogP contribution < -0.4 is 9.54 Å². The molecule has 0 aliphatic carbocycles. The van der Waals surface area contributed by atoms with Crippen molar-refractivity contribution in [2.24, 2.45) is 4.99 Å². The van der Waals surface area contributed by atoms with Crippen molar-refractivity contribution in [3.8, 4) is 18.1 Å². The smallest absolute Gasteiger partial charge is 0.248 e. The van der Waals surface area contributed by atoms with Gasteiger partial charge in [0.15, 0.2) is 4.80 Å². The summed E-state index contributed by atoms with van der Waals surface area (Å²) < 4.78 is 7.97. The normalized spacial score (nSPS) is 11.6. The maximum atomic E-state index is 11.8. The minimum Gasteiger partial charge on any atom is -0.495 e. The fraction of sp³-hybridized carbons (Fsp3) is 0.333. The first kappa shape index (κ1) is 15.6. The lowest BCUT2D eigenvalue weighted by molar-refractivity contribution is -0.118. The van der Waals surface area contributed by atoms with Crippen molar-refractivity contribution in [3.05, 3.63) is 22.0 Å². The van der Waals surface area contributed by atoms with Gasteiger partial charge in [0.2, 0.25) is 5.91 Å². The van der Waals surface area contributed by atoms with Gasteiger partial charge in [-0.3, -0.25) is 4.79 Å². The molecule has 0 fully saturated rings. The van der Waals surface area contributed by atoms with E-state index in [1.807, 2.05) is 6.92 Å². The van der Waals surface area contributed by atoms with Gasteiger partial charge < -0.3 is 9.30 Å². The molecule has 1 amide bonds. The number of ether oxygens (including phenoxy) is 1. The van der Waals surface area contributed by atoms with E-state index in [2.05, 4.69) is 10.9 Å². The fourth-order valence-electron chi connectivity index (χ4n) is 1.99. The predicted molar refractivity (Wildman–Crippen MR) is 85.7 cm³/mol. The van der Waals surface area contributed by atoms with E-state index in [4.69, 9.17) is 22.8 Å². The van der Waals surface area contributed by atoms with Gasteiger partial charge in [0, 0.05) is 6.42 Å². The molecular weight excluding hydrogens is 308 g/mol. The number of rotatable bonds is 4. The van der Waals surface area contributed by atoms with Crippen molar-refractivity contribution in [3.63, 3.8) is 0 Å². The van der Waals surface area contributed by atoms with Crippen molar-refractivity contribution < 1.29 is 9.53 Å². The number of hydrogen-bond donors (Lipinski definition) is 0. The lowest BCUT2D eigenvalue weighted by Gasteiger charge is -2.06. The van der Waals surface area contributed by atoms with Crippen molar-refractivity contribution in [2.75, 3.05) is 7.11 Å². The quantitative estimate of drug-likeness (QED) is 0.811. The summed E-state index contributed by atoms with van der Waals surface area (Å²) in [5.74, 6) is 3.07. The maximum Gasteiger partial charge on any atom is 0.248 e. The minimum atomic E-state index is -0.162. The molecule has 21 heavy (non-hydrogen) atoms. The molecule has 0 unspecified atom stereocenters. The SMILES string of the molecule is C#CCn1c(=NC(=O)CCC)sc2c(Cl)ccc(OC)c21. The van der Waals surface area contributed by atoms with Gasteiger partial charge >= 0.3 is 0 Å². The topological polar surface area (TPSA) is 43.6 Å². The number of methoxy groups -OCH3 is 1. The molecule has 0 aliphatic rings. The monoisotopic (exact) mass is 322 g/mol. The lowest BCUT2D eigenvalue weighted by atomic mass is 10.3. The Hall–Kier alpha value is -1.77. The molecule has 2 aromatic rings. The van der Waals surface area contributed by atoms with Gasteiger partial charge in [0.1, 0.15) is 11.3 Å². The van der Waals surface area contributed by atoms with Crippen LogP contribution in [0.4, 0.5) is 0 Å². The highest BCUT2D eigenvalue weighted by molar-refractivity contribution is 7.17. The Morgan fingerprint density at radius 1 is 1.57 bits per heavy atom. The Bertz CT molecular complexity index is 783. The average molecular weight is 323 g/mol. The summed E-state index contributed by atoms with van der Waals surface area (Å²) in [6.07, 6.45) is 6.60. The summed E-state index contributed by atoms with van der Waals surface area (Å²) in [6.45, 7) is 2.24. The Morgan fingerprint density at radius 3 is 2.95 bits per heavy atom. The van der Waals surface area contributed by atoms with Crippen molar-refractivity contribution >= 4 is 39.1 Å². The second-order valence-electron chi connectivity index (χ2n) is 4.36. The van der Waals surface area contributed by atoms with Crippen LogP contribution in [0.25, 0.3) is 10.2 Å². The number of carbonyl (C=O) groups excluding carboxylic acids is 1. The van der Waals surface area contributed by atoms with Gasteiger partial charge in [-0.1, -0.05) is 35.8 Å². The Labute approximate surface area is 132 Å². The van der Waals surface area contributed by atoms with Crippen LogP contribution in [0, 0.1) is 12.3 Å². The van der Waals surface area contributed by atoms with E-state index >= 15 is 0 Å². The van der Waals surface area contributed by atoms with Gasteiger partial charge in [-0.25, -0.2) is 0 Å². The minimum absolute atomic E-state index is 0.162. The van der Waals surface area contributed by atoms with E-state index in [0.29, 0.717) is 28.5 Å². The van der Waals surface area contributed by atoms with Gasteiger partial charge in [-0.05, 0) is 18.6 Å². The Morgan fingerprint density at radius 2 is 2.33 bits per heavy atom. The number of carbonyl (C=O) groups is 1. The second-order valence-corrected chi connectivity index (χ2v) is 5.74. The number of thiazole rings is 1. The molecule has 0 radical (unpaired) electrons. The number of halogens is 1. The van der Waals surface area contributed by atoms with Gasteiger partial charge in [-0.15, -0.1) is 6.42 Å². The zero-order valence-electron chi connectivity index (χ0n) is 11.9. The first-order chi connectivity index (χ1) is 10.1. The molecule has 1 aromatic heterocycles. The van der Waals surface area contributed by atoms with Crippen LogP contribution in [0.15, 0.2) is 17.1 Å². The Kier molecular flexibility index (Phi) is 5.05. The molecule has 0 spiro atoms. The van der Waals surface area contributed by atoms with E-state index in [-0.39, 0.29) is 5.91 Å². The summed E-state index contributed by atoms with van der Waals surface area (Å²) in [4.78, 5) is 16.5. The second kappa shape index (κ2) is 6.79. The molecule has 0 aliphatic heterocycles. The number of aromatic nitrogens is 1. The van der Waals surface area contributed by atoms with Crippen molar-refractivity contribution in [1.82, 2.24) is 4.57 Å². The summed E-state index contributed by atoms with van der Waals surface area (Å²) in [7, 11) is 1.58. The molecule has 1 heterocycles. The number of nitrogens with zero attached hydrogens (tertiary/aromatic N) is 2. The molecule has 0 saturated heterocycles. The molecule has 4 nitrogen and oxygen atoms in total. The van der Waals surface area contributed by atoms with Crippen LogP contribution in [0.2, 0.25) is 5.02 Å². The predicted octanol–water partition coefficient (Wildman–Crippen LogP) is 3.23. The molecule has 6 heteroatoms. The lowest BCUT2D eigenvalue weighted by Crippen LogP contribution is -2.16. The van der Waals surface area contributed by atoms with E-state index < -0.39 is 0 Å². The molecule has 0 atom stereocenters. The largest absolute Gasteiger partial charge is 0.495 e. The van der Waals surface area contributed by atoms with E-state index in [0.717, 1.165) is 16.6 Å². The number of fused-ring (bicyclic) bond motifs is 1. The van der Waals surface area contributed by atoms with Crippen LogP contribution in [0.3, 0.4) is 0 Å². The third-order valence-corrected chi connectivity index (χ3v) is 4.43. The van der Waals surface area contributed by atoms with E-state index in [1.54, 1.807) is 23.8 Å². The first-order valence-electron chi connectivity index (χ1n) is 6.49. The molecule has 2 rings (SSSR count). The summed E-state index contributed by atoms with van der Waals surface area (Å²) >= 11 is 7.57. The average Bonchev–Trinajstić information content (AvgIpc) is 2.80. The Balaban J connectivity index is 2.78. The zero-order valence-corrected chi connectivity index (χ0v) is 13.4. The molecule has 110 valence electrons. The van der Waals surface area contributed by atoms with Gasteiger partial charge in [0.25, 0.3) is 0 Å². The van der Waals surface area contributed by atoms with Crippen LogP contribution >= 0.6 is 22.9 Å². The van der Waals surface area contributed by atoms with E-state index in [9.17, 15) is 4.79 Å². The standard InChI is InChI=1S/C15H15ClN2O2S/c1-4-6-12(19)17-15-18(9-5-2)13-11(20-3)8-7-10(16)14(13)21-15/h2,7-8H,4,6,9H2,1,3H3. The highest BCUT2D eigenvalue weighted by Crippen LogP contribution is 2.33. The molecule has 0 saturated carbocycles.